The Hall–Kier alpha value is -2.08. The smallest absolute Gasteiger partial charge is 0.328 e. The number of benzene rings is 1. The average molecular weight is 307 g/mol. The second-order valence-corrected chi connectivity index (χ2v) is 5.20. The molecule has 1 saturated heterocycles. The lowest BCUT2D eigenvalue weighted by molar-refractivity contribution is -0.145. The molecule has 1 N–H and O–H groups in total. The highest BCUT2D eigenvalue weighted by molar-refractivity contribution is 5.86. The number of hydrogen-bond donors (Lipinski definition) is 1. The maximum Gasteiger partial charge on any atom is 0.328 e. The molecule has 1 aromatic rings. The molecule has 1 heterocycles. The first kappa shape index (κ1) is 16.3. The first-order valence-electron chi connectivity index (χ1n) is 7.23. The number of carbonyl (C=O) groups is 2. The third kappa shape index (κ3) is 4.21. The highest BCUT2D eigenvalue weighted by atomic mass is 16.5. The predicted octanol–water partition coefficient (Wildman–Crippen LogP) is 0.932. The number of methoxy groups -OCH3 is 2. The van der Waals surface area contributed by atoms with Gasteiger partial charge in [-0.3, -0.25) is 4.79 Å². The van der Waals surface area contributed by atoms with Crippen molar-refractivity contribution in [1.29, 1.82) is 0 Å². The van der Waals surface area contributed by atoms with Crippen molar-refractivity contribution in [3.63, 3.8) is 0 Å². The topological polar surface area (TPSA) is 73.9 Å². The van der Waals surface area contributed by atoms with Gasteiger partial charge >= 0.3 is 5.97 Å². The van der Waals surface area contributed by atoms with E-state index in [1.54, 1.807) is 7.11 Å². The summed E-state index contributed by atoms with van der Waals surface area (Å²) in [5.41, 5.74) is 0.916. The first-order valence-corrected chi connectivity index (χ1v) is 7.23. The Kier molecular flexibility index (Phi) is 5.77. The van der Waals surface area contributed by atoms with Crippen molar-refractivity contribution in [2.24, 2.45) is 5.92 Å². The van der Waals surface area contributed by atoms with Crippen LogP contribution in [0.3, 0.4) is 0 Å². The van der Waals surface area contributed by atoms with E-state index in [0.29, 0.717) is 26.1 Å². The Bertz CT molecular complexity index is 508. The number of ether oxygens (including phenoxy) is 3. The molecule has 1 aromatic carbocycles. The van der Waals surface area contributed by atoms with E-state index in [1.807, 2.05) is 24.3 Å². The highest BCUT2D eigenvalue weighted by Gasteiger charge is 2.28. The largest absolute Gasteiger partial charge is 0.497 e. The van der Waals surface area contributed by atoms with Crippen LogP contribution < -0.4 is 10.1 Å². The van der Waals surface area contributed by atoms with Crippen molar-refractivity contribution in [3.8, 4) is 5.75 Å². The van der Waals surface area contributed by atoms with E-state index in [9.17, 15) is 9.59 Å². The fraction of sp³-hybridized carbons (Fsp3) is 0.500. The minimum absolute atomic E-state index is 0.165. The zero-order valence-corrected chi connectivity index (χ0v) is 12.8. The number of nitrogens with one attached hydrogen (secondary N) is 1. The van der Waals surface area contributed by atoms with E-state index in [2.05, 4.69) is 5.32 Å². The Morgan fingerprint density at radius 3 is 2.59 bits per heavy atom. The quantitative estimate of drug-likeness (QED) is 0.792. The lowest BCUT2D eigenvalue weighted by atomic mass is 10.0. The third-order valence-electron chi connectivity index (χ3n) is 3.70. The van der Waals surface area contributed by atoms with E-state index in [0.717, 1.165) is 11.3 Å². The first-order chi connectivity index (χ1) is 10.6. The fourth-order valence-electron chi connectivity index (χ4n) is 2.36. The van der Waals surface area contributed by atoms with Gasteiger partial charge in [-0.05, 0) is 24.1 Å². The van der Waals surface area contributed by atoms with E-state index in [-0.39, 0.29) is 11.8 Å². The van der Waals surface area contributed by atoms with Crippen LogP contribution >= 0.6 is 0 Å². The van der Waals surface area contributed by atoms with Crippen LogP contribution in [0.1, 0.15) is 12.0 Å². The van der Waals surface area contributed by atoms with Crippen LogP contribution in [0.15, 0.2) is 24.3 Å². The molecule has 22 heavy (non-hydrogen) atoms. The zero-order chi connectivity index (χ0) is 15.9. The van der Waals surface area contributed by atoms with Crippen molar-refractivity contribution in [3.05, 3.63) is 29.8 Å². The second-order valence-electron chi connectivity index (χ2n) is 5.20. The summed E-state index contributed by atoms with van der Waals surface area (Å²) in [6.45, 7) is 0.988. The molecule has 0 bridgehead atoms. The Labute approximate surface area is 129 Å². The van der Waals surface area contributed by atoms with Gasteiger partial charge in [-0.1, -0.05) is 12.1 Å². The van der Waals surface area contributed by atoms with Gasteiger partial charge in [0.15, 0.2) is 0 Å². The van der Waals surface area contributed by atoms with Gasteiger partial charge in [0.2, 0.25) is 5.91 Å². The van der Waals surface area contributed by atoms with Crippen molar-refractivity contribution >= 4 is 11.9 Å². The molecule has 0 radical (unpaired) electrons. The fourth-order valence-corrected chi connectivity index (χ4v) is 2.36. The molecule has 0 aromatic heterocycles. The van der Waals surface area contributed by atoms with Crippen LogP contribution in [0.2, 0.25) is 0 Å². The maximum absolute atomic E-state index is 12.1. The van der Waals surface area contributed by atoms with E-state index < -0.39 is 12.0 Å². The van der Waals surface area contributed by atoms with Gasteiger partial charge in [-0.2, -0.15) is 0 Å². The Balaban J connectivity index is 2.01. The Morgan fingerprint density at radius 2 is 2.05 bits per heavy atom. The highest BCUT2D eigenvalue weighted by Crippen LogP contribution is 2.15. The van der Waals surface area contributed by atoms with Gasteiger partial charge in [-0.25, -0.2) is 4.79 Å². The third-order valence-corrected chi connectivity index (χ3v) is 3.70. The van der Waals surface area contributed by atoms with Gasteiger partial charge in [0.1, 0.15) is 11.8 Å². The molecule has 2 atom stereocenters. The summed E-state index contributed by atoms with van der Waals surface area (Å²) in [6.07, 6.45) is 1.05. The van der Waals surface area contributed by atoms with Gasteiger partial charge in [0.25, 0.3) is 0 Å². The molecule has 0 saturated carbocycles. The summed E-state index contributed by atoms with van der Waals surface area (Å²) in [4.78, 5) is 24.0. The van der Waals surface area contributed by atoms with Crippen molar-refractivity contribution in [2.75, 3.05) is 27.4 Å². The zero-order valence-electron chi connectivity index (χ0n) is 12.8. The van der Waals surface area contributed by atoms with Crippen LogP contribution in [0.25, 0.3) is 0 Å². The van der Waals surface area contributed by atoms with E-state index in [1.165, 1.54) is 7.11 Å². The molecule has 6 nitrogen and oxygen atoms in total. The Morgan fingerprint density at radius 1 is 1.32 bits per heavy atom. The summed E-state index contributed by atoms with van der Waals surface area (Å²) >= 11 is 0. The number of rotatable bonds is 6. The van der Waals surface area contributed by atoms with Crippen LogP contribution in [0.4, 0.5) is 0 Å². The van der Waals surface area contributed by atoms with Gasteiger partial charge in [0, 0.05) is 13.0 Å². The van der Waals surface area contributed by atoms with Crippen LogP contribution in [-0.4, -0.2) is 45.4 Å². The summed E-state index contributed by atoms with van der Waals surface area (Å²) in [6, 6.07) is 6.65. The van der Waals surface area contributed by atoms with Crippen molar-refractivity contribution in [2.45, 2.75) is 18.9 Å². The molecule has 120 valence electrons. The molecule has 1 aliphatic heterocycles. The van der Waals surface area contributed by atoms with Gasteiger partial charge in [-0.15, -0.1) is 0 Å². The number of hydrogen-bond acceptors (Lipinski definition) is 5. The summed E-state index contributed by atoms with van der Waals surface area (Å²) in [5, 5.41) is 2.76. The molecule has 0 spiro atoms. The van der Waals surface area contributed by atoms with Crippen molar-refractivity contribution < 1.29 is 23.8 Å². The monoisotopic (exact) mass is 307 g/mol. The van der Waals surface area contributed by atoms with Gasteiger partial charge in [0.05, 0.1) is 26.7 Å². The maximum atomic E-state index is 12.1. The SMILES string of the molecule is COC(=O)[C@H](Cc1ccc(OC)cc1)NC(=O)[C@H]1CCOC1. The number of esters is 1. The molecule has 1 aliphatic rings. The molecular weight excluding hydrogens is 286 g/mol. The van der Waals surface area contributed by atoms with Crippen LogP contribution in [0.5, 0.6) is 5.75 Å². The predicted molar refractivity (Wildman–Crippen MR) is 79.6 cm³/mol. The number of amides is 1. The standard InChI is InChI=1S/C16H21NO5/c1-20-13-5-3-11(4-6-13)9-14(16(19)21-2)17-15(18)12-7-8-22-10-12/h3-6,12,14H,7-10H2,1-2H3,(H,17,18)/t12-,14-/m0/s1. The number of carbonyl (C=O) groups excluding carboxylic acids is 2. The average Bonchev–Trinajstić information content (AvgIpc) is 3.08. The van der Waals surface area contributed by atoms with Gasteiger partial charge < -0.3 is 19.5 Å². The molecular formula is C16H21NO5. The van der Waals surface area contributed by atoms with Crippen molar-refractivity contribution in [1.82, 2.24) is 5.32 Å². The molecule has 1 amide bonds. The lowest BCUT2D eigenvalue weighted by Crippen LogP contribution is -2.45. The minimum Gasteiger partial charge on any atom is -0.497 e. The lowest BCUT2D eigenvalue weighted by Gasteiger charge is -2.18. The van der Waals surface area contributed by atoms with Crippen LogP contribution in [-0.2, 0) is 25.5 Å². The molecule has 0 aliphatic carbocycles. The normalized spacial score (nSPS) is 18.5. The summed E-state index contributed by atoms with van der Waals surface area (Å²) in [7, 11) is 2.91. The second kappa shape index (κ2) is 7.79. The van der Waals surface area contributed by atoms with E-state index >= 15 is 0 Å². The molecule has 0 unspecified atom stereocenters. The minimum atomic E-state index is -0.702. The van der Waals surface area contributed by atoms with Crippen LogP contribution in [0, 0.1) is 5.92 Å². The molecule has 6 heteroatoms. The molecule has 1 fully saturated rings. The summed E-state index contributed by atoms with van der Waals surface area (Å²) < 4.78 is 15.1. The summed E-state index contributed by atoms with van der Waals surface area (Å²) in [5.74, 6) is -0.0713. The van der Waals surface area contributed by atoms with E-state index in [4.69, 9.17) is 14.2 Å². The molecule has 2 rings (SSSR count).